The number of carbonyl (C=O) groups excluding carboxylic acids is 1. The van der Waals surface area contributed by atoms with Gasteiger partial charge in [-0.25, -0.2) is 5.01 Å². The largest absolute Gasteiger partial charge is 0.497 e. The highest BCUT2D eigenvalue weighted by Gasteiger charge is 2.36. The molecule has 3 heterocycles. The van der Waals surface area contributed by atoms with E-state index in [4.69, 9.17) is 9.84 Å². The van der Waals surface area contributed by atoms with Crippen LogP contribution in [0.25, 0.3) is 6.08 Å². The van der Waals surface area contributed by atoms with Gasteiger partial charge in [-0.15, -0.1) is 11.3 Å². The van der Waals surface area contributed by atoms with Crippen LogP contribution in [0.3, 0.4) is 0 Å². The van der Waals surface area contributed by atoms with Crippen LogP contribution in [-0.4, -0.2) is 43.0 Å². The average molecular weight is 489 g/mol. The van der Waals surface area contributed by atoms with Crippen molar-refractivity contribution in [2.45, 2.75) is 12.5 Å². The van der Waals surface area contributed by atoms with E-state index in [-0.39, 0.29) is 11.9 Å². The van der Waals surface area contributed by atoms with E-state index in [1.165, 1.54) is 11.8 Å². The zero-order valence-corrected chi connectivity index (χ0v) is 20.8. The van der Waals surface area contributed by atoms with Gasteiger partial charge < -0.3 is 9.64 Å². The SMILES string of the molecule is COc1ccc(C2=NN(C3=NC(=O)/C(=C/c4cccs4)S3)C(c3ccc(N(C)C)cc3)C2)cc1. The number of amides is 1. The molecule has 34 heavy (non-hydrogen) atoms. The van der Waals surface area contributed by atoms with Gasteiger partial charge in [0.05, 0.1) is 23.8 Å². The van der Waals surface area contributed by atoms with Gasteiger partial charge in [-0.3, -0.25) is 4.79 Å². The number of hydrazone groups is 1. The number of anilines is 1. The van der Waals surface area contributed by atoms with Crippen LogP contribution in [0.5, 0.6) is 5.75 Å². The highest BCUT2D eigenvalue weighted by Crippen LogP contribution is 2.40. The number of thioether (sulfide) groups is 1. The Bertz CT molecular complexity index is 1280. The lowest BCUT2D eigenvalue weighted by Gasteiger charge is -2.23. The zero-order chi connectivity index (χ0) is 23.7. The molecule has 1 atom stereocenters. The number of rotatable bonds is 5. The van der Waals surface area contributed by atoms with Crippen LogP contribution >= 0.6 is 23.1 Å². The summed E-state index contributed by atoms with van der Waals surface area (Å²) in [4.78, 5) is 20.8. The molecule has 2 aliphatic rings. The van der Waals surface area contributed by atoms with E-state index < -0.39 is 0 Å². The molecule has 2 aromatic carbocycles. The zero-order valence-electron chi connectivity index (χ0n) is 19.1. The van der Waals surface area contributed by atoms with Gasteiger partial charge in [-0.2, -0.15) is 10.1 Å². The Kier molecular flexibility index (Phi) is 6.26. The van der Waals surface area contributed by atoms with Gasteiger partial charge in [0, 0.05) is 31.1 Å². The fourth-order valence-corrected chi connectivity index (χ4v) is 5.54. The van der Waals surface area contributed by atoms with E-state index in [9.17, 15) is 4.79 Å². The van der Waals surface area contributed by atoms with Gasteiger partial charge in [-0.05, 0) is 76.8 Å². The number of hydrogen-bond acceptors (Lipinski definition) is 7. The van der Waals surface area contributed by atoms with Crippen molar-refractivity contribution in [3.63, 3.8) is 0 Å². The van der Waals surface area contributed by atoms with Gasteiger partial charge in [0.25, 0.3) is 5.91 Å². The fraction of sp³-hybridized carbons (Fsp3) is 0.192. The topological polar surface area (TPSA) is 57.5 Å². The molecule has 1 unspecified atom stereocenters. The van der Waals surface area contributed by atoms with Gasteiger partial charge >= 0.3 is 0 Å². The van der Waals surface area contributed by atoms with E-state index in [1.54, 1.807) is 18.4 Å². The monoisotopic (exact) mass is 488 g/mol. The van der Waals surface area contributed by atoms with Gasteiger partial charge in [0.1, 0.15) is 5.75 Å². The molecule has 0 radical (unpaired) electrons. The summed E-state index contributed by atoms with van der Waals surface area (Å²) in [6, 6.07) is 20.3. The summed E-state index contributed by atoms with van der Waals surface area (Å²) in [6.45, 7) is 0. The maximum absolute atomic E-state index is 12.7. The lowest BCUT2D eigenvalue weighted by molar-refractivity contribution is -0.113. The maximum Gasteiger partial charge on any atom is 0.286 e. The molecule has 0 bridgehead atoms. The minimum Gasteiger partial charge on any atom is -0.497 e. The maximum atomic E-state index is 12.7. The van der Waals surface area contributed by atoms with Crippen molar-refractivity contribution in [1.29, 1.82) is 0 Å². The number of hydrogen-bond donors (Lipinski definition) is 0. The van der Waals surface area contributed by atoms with Gasteiger partial charge in [-0.1, -0.05) is 18.2 Å². The minimum atomic E-state index is -0.219. The third-order valence-corrected chi connectivity index (χ3v) is 7.54. The fourth-order valence-electron chi connectivity index (χ4n) is 3.90. The smallest absolute Gasteiger partial charge is 0.286 e. The van der Waals surface area contributed by atoms with Crippen molar-refractivity contribution in [3.05, 3.63) is 87.0 Å². The van der Waals surface area contributed by atoms with E-state index in [2.05, 4.69) is 34.2 Å². The molecule has 8 heteroatoms. The molecule has 0 spiro atoms. The summed E-state index contributed by atoms with van der Waals surface area (Å²) in [5, 5.41) is 9.46. The van der Waals surface area contributed by atoms with Crippen molar-refractivity contribution >= 4 is 51.6 Å². The molecule has 6 nitrogen and oxygen atoms in total. The first-order valence-electron chi connectivity index (χ1n) is 10.9. The summed E-state index contributed by atoms with van der Waals surface area (Å²) in [5.74, 6) is 0.586. The van der Waals surface area contributed by atoms with Crippen LogP contribution in [0.15, 0.2) is 81.0 Å². The number of carbonyl (C=O) groups is 1. The molecule has 0 N–H and O–H groups in total. The molecule has 0 aliphatic carbocycles. The van der Waals surface area contributed by atoms with E-state index in [1.807, 2.05) is 67.0 Å². The molecule has 0 saturated heterocycles. The van der Waals surface area contributed by atoms with Crippen molar-refractivity contribution < 1.29 is 9.53 Å². The van der Waals surface area contributed by atoms with Crippen LogP contribution in [-0.2, 0) is 4.79 Å². The van der Waals surface area contributed by atoms with Crippen molar-refractivity contribution in [2.24, 2.45) is 10.1 Å². The Morgan fingerprint density at radius 2 is 1.85 bits per heavy atom. The van der Waals surface area contributed by atoms with Crippen molar-refractivity contribution in [3.8, 4) is 5.75 Å². The first-order chi connectivity index (χ1) is 16.5. The predicted molar refractivity (Wildman–Crippen MR) is 142 cm³/mol. The summed E-state index contributed by atoms with van der Waals surface area (Å²) in [7, 11) is 5.71. The summed E-state index contributed by atoms with van der Waals surface area (Å²) < 4.78 is 5.30. The van der Waals surface area contributed by atoms with E-state index in [0.717, 1.165) is 33.2 Å². The first-order valence-corrected chi connectivity index (χ1v) is 12.6. The number of benzene rings is 2. The van der Waals surface area contributed by atoms with Crippen LogP contribution in [0, 0.1) is 0 Å². The Labute approximate surface area is 207 Å². The molecule has 172 valence electrons. The number of aliphatic imine (C=N–C) groups is 1. The Hall–Kier alpha value is -3.36. The molecule has 2 aliphatic heterocycles. The highest BCUT2D eigenvalue weighted by molar-refractivity contribution is 8.18. The number of thiophene rings is 1. The number of ether oxygens (including phenoxy) is 1. The van der Waals surface area contributed by atoms with Crippen LogP contribution < -0.4 is 9.64 Å². The molecule has 0 saturated carbocycles. The standard InChI is InChI=1S/C26H24N4O2S2/c1-29(2)19-10-6-18(7-11-19)23-16-22(17-8-12-20(32-3)13-9-17)28-30(23)26-27-25(31)24(34-26)15-21-5-4-14-33-21/h4-15,23H,16H2,1-3H3/b24-15-. The van der Waals surface area contributed by atoms with Crippen LogP contribution in [0.2, 0.25) is 0 Å². The molecule has 5 rings (SSSR count). The molecule has 1 aromatic heterocycles. The summed E-state index contributed by atoms with van der Waals surface area (Å²) >= 11 is 2.98. The first kappa shape index (κ1) is 22.4. The van der Waals surface area contributed by atoms with Gasteiger partial charge in [0.15, 0.2) is 5.17 Å². The van der Waals surface area contributed by atoms with Crippen LogP contribution in [0.1, 0.15) is 28.5 Å². The van der Waals surface area contributed by atoms with Crippen molar-refractivity contribution in [2.75, 3.05) is 26.1 Å². The van der Waals surface area contributed by atoms with Gasteiger partial charge in [0.2, 0.25) is 0 Å². The van der Waals surface area contributed by atoms with Crippen LogP contribution in [0.4, 0.5) is 5.69 Å². The Balaban J connectivity index is 1.48. The summed E-state index contributed by atoms with van der Waals surface area (Å²) in [6.07, 6.45) is 2.62. The third-order valence-electron chi connectivity index (χ3n) is 5.75. The third kappa shape index (κ3) is 4.51. The summed E-state index contributed by atoms with van der Waals surface area (Å²) in [5.41, 5.74) is 4.25. The molecular weight excluding hydrogens is 464 g/mol. The lowest BCUT2D eigenvalue weighted by Crippen LogP contribution is -2.23. The number of methoxy groups -OCH3 is 1. The Morgan fingerprint density at radius 1 is 1.09 bits per heavy atom. The highest BCUT2D eigenvalue weighted by atomic mass is 32.2. The second kappa shape index (κ2) is 9.48. The van der Waals surface area contributed by atoms with E-state index in [0.29, 0.717) is 16.5 Å². The normalized spacial score (nSPS) is 18.9. The quantitative estimate of drug-likeness (QED) is 0.435. The average Bonchev–Trinajstić information content (AvgIpc) is 3.60. The molecule has 0 fully saturated rings. The molecule has 1 amide bonds. The van der Waals surface area contributed by atoms with Crippen molar-refractivity contribution in [1.82, 2.24) is 5.01 Å². The van der Waals surface area contributed by atoms with E-state index >= 15 is 0 Å². The molecular formula is C26H24N4O2S2. The number of nitrogens with zero attached hydrogens (tertiary/aromatic N) is 4. The number of amidine groups is 1. The predicted octanol–water partition coefficient (Wildman–Crippen LogP) is 5.64. The molecule has 3 aromatic rings. The Morgan fingerprint density at radius 3 is 2.50 bits per heavy atom. The second-order valence-corrected chi connectivity index (χ2v) is 10.1. The minimum absolute atomic E-state index is 0.0477. The second-order valence-electron chi connectivity index (χ2n) is 8.15. The lowest BCUT2D eigenvalue weighted by atomic mass is 9.98.